The Bertz CT molecular complexity index is 1190. The number of carbonyl (C=O) groups excluding carboxylic acids is 1. The molecule has 13 nitrogen and oxygen atoms in total. The van der Waals surface area contributed by atoms with E-state index in [-0.39, 0.29) is 12.8 Å². The van der Waals surface area contributed by atoms with Crippen LogP contribution in [0.4, 0.5) is 0 Å². The smallest absolute Gasteiger partial charge is 0.393 e. The standard InChI is InChI=1S/C50H96NO12P/c1-3-5-7-9-11-13-15-17-18-19-20-21-22-23-24-26-27-29-31-33-35-37-41(52)39-44(54)51-42(43(53)38-36-34-32-30-28-25-16-14-12-10-8-6-4-2)40-62-64(60,61)63-50-48(58)46(56)45(55)47(57)49(50)59/h20-21,23-24,41-43,45-50,52-53,55-59H,3-19,22,25-40H2,1-2H3,(H,51,54)(H,60,61)/b21-20-,24-23-. The van der Waals surface area contributed by atoms with E-state index in [9.17, 15) is 50.0 Å². The van der Waals surface area contributed by atoms with Crippen LogP contribution in [0.25, 0.3) is 0 Å². The summed E-state index contributed by atoms with van der Waals surface area (Å²) in [6.07, 6.45) is 30.8. The van der Waals surface area contributed by atoms with Gasteiger partial charge in [0.05, 0.1) is 31.3 Å². The SMILES string of the molecule is CCCCCCCCCCC/C=C\C/C=C\CCCCCCCC(O)CC(=O)NC(COP(=O)(O)OC1C(O)C(O)C(O)C(O)C1O)C(O)CCCCCCCCCCCCCCC. The molecule has 1 saturated carbocycles. The molecule has 14 heteroatoms. The first kappa shape index (κ1) is 60.8. The molecule has 0 spiro atoms. The molecule has 9 N–H and O–H groups in total. The molecule has 0 radical (unpaired) electrons. The van der Waals surface area contributed by atoms with Crippen molar-refractivity contribution >= 4 is 13.7 Å². The van der Waals surface area contributed by atoms with Crippen molar-refractivity contribution in [1.82, 2.24) is 5.32 Å². The highest BCUT2D eigenvalue weighted by Gasteiger charge is 2.51. The molecule has 1 amide bonds. The second-order valence-electron chi connectivity index (χ2n) is 18.6. The zero-order chi connectivity index (χ0) is 47.3. The van der Waals surface area contributed by atoms with E-state index in [1.54, 1.807) is 0 Å². The maximum absolute atomic E-state index is 13.0. The summed E-state index contributed by atoms with van der Waals surface area (Å²) in [6.45, 7) is 3.80. The first-order valence-electron chi connectivity index (χ1n) is 25.9. The summed E-state index contributed by atoms with van der Waals surface area (Å²) in [7, 11) is -5.12. The minimum Gasteiger partial charge on any atom is -0.393 e. The molecule has 1 aliphatic carbocycles. The lowest BCUT2D eigenvalue weighted by Crippen LogP contribution is -2.64. The summed E-state index contributed by atoms with van der Waals surface area (Å²) in [6, 6.07) is -1.16. The number of amides is 1. The topological polar surface area (TPSA) is 226 Å². The minimum absolute atomic E-state index is 0.230. The predicted molar refractivity (Wildman–Crippen MR) is 257 cm³/mol. The molecule has 64 heavy (non-hydrogen) atoms. The van der Waals surface area contributed by atoms with E-state index in [0.717, 1.165) is 70.6 Å². The van der Waals surface area contributed by atoms with E-state index in [4.69, 9.17) is 9.05 Å². The molecule has 0 heterocycles. The lowest BCUT2D eigenvalue weighted by Gasteiger charge is -2.41. The number of rotatable bonds is 43. The Balaban J connectivity index is 2.44. The molecule has 1 fully saturated rings. The van der Waals surface area contributed by atoms with Crippen LogP contribution in [0.3, 0.4) is 0 Å². The van der Waals surface area contributed by atoms with Crippen molar-refractivity contribution in [3.05, 3.63) is 24.3 Å². The van der Waals surface area contributed by atoms with Gasteiger partial charge in [-0.3, -0.25) is 13.8 Å². The Morgan fingerprint density at radius 3 is 1.36 bits per heavy atom. The highest BCUT2D eigenvalue weighted by Crippen LogP contribution is 2.47. The van der Waals surface area contributed by atoms with E-state index in [2.05, 4.69) is 43.5 Å². The van der Waals surface area contributed by atoms with Crippen molar-refractivity contribution in [2.75, 3.05) is 6.61 Å². The zero-order valence-electron chi connectivity index (χ0n) is 40.2. The van der Waals surface area contributed by atoms with E-state index >= 15 is 0 Å². The highest BCUT2D eigenvalue weighted by atomic mass is 31.2. The number of nitrogens with one attached hydrogen (secondary N) is 1. The van der Waals surface area contributed by atoms with Crippen molar-refractivity contribution in [3.8, 4) is 0 Å². The number of hydrogen-bond donors (Lipinski definition) is 9. The van der Waals surface area contributed by atoms with Crippen LogP contribution < -0.4 is 5.32 Å². The number of unbranched alkanes of at least 4 members (excludes halogenated alkanes) is 26. The van der Waals surface area contributed by atoms with Gasteiger partial charge in [-0.25, -0.2) is 4.57 Å². The average Bonchev–Trinajstić information content (AvgIpc) is 3.27. The molecule has 378 valence electrons. The van der Waals surface area contributed by atoms with E-state index in [1.807, 2.05) is 0 Å². The van der Waals surface area contributed by atoms with Gasteiger partial charge < -0.3 is 46.0 Å². The molecule has 8 unspecified atom stereocenters. The Morgan fingerprint density at radius 2 is 0.922 bits per heavy atom. The third-order valence-corrected chi connectivity index (χ3v) is 13.6. The van der Waals surface area contributed by atoms with Gasteiger partial charge in [0.15, 0.2) is 0 Å². The molecule has 0 aromatic heterocycles. The normalized spacial score (nSPS) is 22.8. The quantitative estimate of drug-likeness (QED) is 0.0158. The molecule has 0 aliphatic heterocycles. The summed E-state index contributed by atoms with van der Waals surface area (Å²) in [5.41, 5.74) is 0. The predicted octanol–water partition coefficient (Wildman–Crippen LogP) is 9.54. The first-order chi connectivity index (χ1) is 30.8. The molecule has 0 aromatic carbocycles. The molecule has 0 saturated heterocycles. The van der Waals surface area contributed by atoms with Crippen LogP contribution in [0.1, 0.15) is 226 Å². The van der Waals surface area contributed by atoms with Gasteiger partial charge >= 0.3 is 7.82 Å². The number of allylic oxidation sites excluding steroid dienone is 4. The maximum Gasteiger partial charge on any atom is 0.472 e. The fraction of sp³-hybridized carbons (Fsp3) is 0.900. The molecule has 0 bridgehead atoms. The molecule has 0 aromatic rings. The van der Waals surface area contributed by atoms with Gasteiger partial charge in [-0.15, -0.1) is 0 Å². The van der Waals surface area contributed by atoms with Crippen LogP contribution >= 0.6 is 7.82 Å². The van der Waals surface area contributed by atoms with Crippen molar-refractivity contribution in [2.24, 2.45) is 0 Å². The molecule has 8 atom stereocenters. The number of hydrogen-bond acceptors (Lipinski definition) is 11. The van der Waals surface area contributed by atoms with Crippen LogP contribution in [0.5, 0.6) is 0 Å². The second kappa shape index (κ2) is 39.7. The summed E-state index contributed by atoms with van der Waals surface area (Å²) in [5, 5.41) is 74.7. The van der Waals surface area contributed by atoms with Crippen LogP contribution in [-0.2, 0) is 18.4 Å². The first-order valence-corrected chi connectivity index (χ1v) is 27.4. The molecular formula is C50H96NO12P. The summed E-state index contributed by atoms with van der Waals surface area (Å²) in [5.74, 6) is -0.567. The van der Waals surface area contributed by atoms with Gasteiger partial charge in [-0.2, -0.15) is 0 Å². The summed E-state index contributed by atoms with van der Waals surface area (Å²) in [4.78, 5) is 23.5. The van der Waals surface area contributed by atoms with Crippen molar-refractivity contribution in [1.29, 1.82) is 0 Å². The Hall–Kier alpha value is -1.22. The zero-order valence-corrected chi connectivity index (χ0v) is 41.1. The second-order valence-corrected chi connectivity index (χ2v) is 20.0. The van der Waals surface area contributed by atoms with Gasteiger partial charge in [-0.1, -0.05) is 199 Å². The third-order valence-electron chi connectivity index (χ3n) is 12.6. The lowest BCUT2D eigenvalue weighted by atomic mass is 9.85. The van der Waals surface area contributed by atoms with Gasteiger partial charge in [0.1, 0.15) is 36.6 Å². The van der Waals surface area contributed by atoms with Gasteiger partial charge in [0.2, 0.25) is 5.91 Å². The number of aliphatic hydroxyl groups is 7. The number of aliphatic hydroxyl groups excluding tert-OH is 7. The average molecular weight is 934 g/mol. The van der Waals surface area contributed by atoms with E-state index < -0.39 is 75.2 Å². The summed E-state index contributed by atoms with van der Waals surface area (Å²) >= 11 is 0. The van der Waals surface area contributed by atoms with Gasteiger partial charge in [0, 0.05) is 0 Å². The van der Waals surface area contributed by atoms with Crippen LogP contribution in [-0.4, -0.2) is 108 Å². The van der Waals surface area contributed by atoms with Crippen molar-refractivity contribution < 1.29 is 59.0 Å². The van der Waals surface area contributed by atoms with Crippen molar-refractivity contribution in [2.45, 2.75) is 281 Å². The largest absolute Gasteiger partial charge is 0.472 e. The Labute approximate surface area is 388 Å². The number of phosphoric ester groups is 1. The summed E-state index contributed by atoms with van der Waals surface area (Å²) < 4.78 is 23.0. The number of phosphoric acid groups is 1. The van der Waals surface area contributed by atoms with Crippen molar-refractivity contribution in [3.63, 3.8) is 0 Å². The Kier molecular flexibility index (Phi) is 37.8. The highest BCUT2D eigenvalue weighted by molar-refractivity contribution is 7.47. The number of carbonyl (C=O) groups is 1. The Morgan fingerprint density at radius 1 is 0.547 bits per heavy atom. The van der Waals surface area contributed by atoms with Gasteiger partial charge in [0.25, 0.3) is 0 Å². The van der Waals surface area contributed by atoms with E-state index in [1.165, 1.54) is 116 Å². The molecular weight excluding hydrogens is 838 g/mol. The fourth-order valence-corrected chi connectivity index (χ4v) is 9.30. The van der Waals surface area contributed by atoms with Crippen LogP contribution in [0.15, 0.2) is 24.3 Å². The lowest BCUT2D eigenvalue weighted by molar-refractivity contribution is -0.220. The van der Waals surface area contributed by atoms with Crippen LogP contribution in [0.2, 0.25) is 0 Å². The molecule has 1 aliphatic rings. The third kappa shape index (κ3) is 30.9. The van der Waals surface area contributed by atoms with E-state index in [0.29, 0.717) is 12.8 Å². The van der Waals surface area contributed by atoms with Crippen LogP contribution in [0, 0.1) is 0 Å². The monoisotopic (exact) mass is 934 g/mol. The fourth-order valence-electron chi connectivity index (χ4n) is 8.34. The minimum atomic E-state index is -5.12. The van der Waals surface area contributed by atoms with Gasteiger partial charge in [-0.05, 0) is 44.9 Å². The molecule has 1 rings (SSSR count). The maximum atomic E-state index is 13.0.